The summed E-state index contributed by atoms with van der Waals surface area (Å²) in [4.78, 5) is 11.9. The molecule has 0 aliphatic rings. The van der Waals surface area contributed by atoms with Crippen molar-refractivity contribution in [3.8, 4) is 0 Å². The van der Waals surface area contributed by atoms with E-state index in [2.05, 4.69) is 38.0 Å². The highest BCUT2D eigenvalue weighted by Crippen LogP contribution is 2.15. The van der Waals surface area contributed by atoms with E-state index in [1.54, 1.807) is 6.20 Å². The van der Waals surface area contributed by atoms with Crippen LogP contribution in [0.1, 0.15) is 34.4 Å². The van der Waals surface area contributed by atoms with Crippen LogP contribution in [-0.2, 0) is 6.54 Å². The van der Waals surface area contributed by atoms with Crippen LogP contribution in [-0.4, -0.2) is 32.8 Å². The van der Waals surface area contributed by atoms with Gasteiger partial charge in [0.1, 0.15) is 0 Å². The van der Waals surface area contributed by atoms with Gasteiger partial charge in [-0.15, -0.1) is 10.2 Å². The first-order valence-electron chi connectivity index (χ1n) is 6.05. The fraction of sp³-hybridized carbons (Fsp3) is 0.455. The Morgan fingerprint density at radius 3 is 3.00 bits per heavy atom. The average molecular weight is 280 g/mol. The summed E-state index contributed by atoms with van der Waals surface area (Å²) in [7, 11) is 0. The monoisotopic (exact) mass is 280 g/mol. The van der Waals surface area contributed by atoms with Crippen molar-refractivity contribution >= 4 is 22.4 Å². The predicted octanol–water partition coefficient (Wildman–Crippen LogP) is 1.32. The third-order valence-corrected chi connectivity index (χ3v) is 3.40. The molecular formula is C11H16N6OS. The zero-order valence-electron chi connectivity index (χ0n) is 10.9. The Hall–Kier alpha value is -1.96. The number of carbonyl (C=O) groups is 1. The number of aromatic nitrogens is 4. The van der Waals surface area contributed by atoms with Crippen LogP contribution in [0.25, 0.3) is 0 Å². The number of rotatable bonds is 6. The molecule has 8 heteroatoms. The smallest absolute Gasteiger partial charge is 0.282 e. The van der Waals surface area contributed by atoms with Gasteiger partial charge in [-0.3, -0.25) is 9.89 Å². The summed E-state index contributed by atoms with van der Waals surface area (Å²) in [6.07, 6.45) is 2.70. The van der Waals surface area contributed by atoms with E-state index in [1.807, 2.05) is 6.92 Å². The number of hydrogen-bond acceptors (Lipinski definition) is 6. The molecule has 2 heterocycles. The molecule has 3 N–H and O–H groups in total. The van der Waals surface area contributed by atoms with Gasteiger partial charge in [-0.2, -0.15) is 5.10 Å². The maximum absolute atomic E-state index is 11.9. The van der Waals surface area contributed by atoms with E-state index >= 15 is 0 Å². The lowest BCUT2D eigenvalue weighted by Crippen LogP contribution is -2.22. The Morgan fingerprint density at radius 2 is 2.32 bits per heavy atom. The van der Waals surface area contributed by atoms with Gasteiger partial charge in [0.05, 0.1) is 6.20 Å². The zero-order chi connectivity index (χ0) is 13.7. The average Bonchev–Trinajstić information content (AvgIpc) is 3.03. The van der Waals surface area contributed by atoms with Crippen LogP contribution in [0, 0.1) is 6.92 Å². The molecule has 2 aromatic rings. The van der Waals surface area contributed by atoms with Gasteiger partial charge in [-0.1, -0.05) is 18.3 Å². The minimum Gasteiger partial charge on any atom is -0.360 e. The molecule has 0 spiro atoms. The van der Waals surface area contributed by atoms with E-state index in [1.165, 1.54) is 11.3 Å². The van der Waals surface area contributed by atoms with Crippen LogP contribution in [0.2, 0.25) is 0 Å². The Morgan fingerprint density at radius 1 is 1.47 bits per heavy atom. The molecule has 0 aromatic carbocycles. The van der Waals surface area contributed by atoms with Crippen LogP contribution >= 0.6 is 11.3 Å². The first kappa shape index (κ1) is 13.5. The summed E-state index contributed by atoms with van der Waals surface area (Å²) in [5, 5.41) is 21.4. The summed E-state index contributed by atoms with van der Waals surface area (Å²) < 4.78 is 0. The fourth-order valence-electron chi connectivity index (χ4n) is 1.42. The summed E-state index contributed by atoms with van der Waals surface area (Å²) in [6, 6.07) is 0. The van der Waals surface area contributed by atoms with Crippen molar-refractivity contribution in [2.24, 2.45) is 0 Å². The maximum Gasteiger partial charge on any atom is 0.282 e. The Kier molecular flexibility index (Phi) is 4.45. The maximum atomic E-state index is 11.9. The molecule has 0 unspecified atom stereocenters. The minimum atomic E-state index is -0.220. The number of aromatic amines is 1. The molecule has 0 fully saturated rings. The third-order valence-electron chi connectivity index (χ3n) is 2.52. The van der Waals surface area contributed by atoms with E-state index in [9.17, 15) is 4.79 Å². The summed E-state index contributed by atoms with van der Waals surface area (Å²) in [5.74, 6) is -0.220. The lowest BCUT2D eigenvalue weighted by Gasteiger charge is -2.00. The van der Waals surface area contributed by atoms with Crippen LogP contribution < -0.4 is 10.6 Å². The molecule has 19 heavy (non-hydrogen) atoms. The fourth-order valence-corrected chi connectivity index (χ4v) is 2.11. The molecule has 0 saturated carbocycles. The molecule has 7 nitrogen and oxygen atoms in total. The van der Waals surface area contributed by atoms with Gasteiger partial charge in [-0.05, 0) is 13.3 Å². The largest absolute Gasteiger partial charge is 0.360 e. The van der Waals surface area contributed by atoms with Crippen molar-refractivity contribution in [2.45, 2.75) is 26.8 Å². The zero-order valence-corrected chi connectivity index (χ0v) is 11.7. The van der Waals surface area contributed by atoms with Crippen molar-refractivity contribution in [2.75, 3.05) is 11.9 Å². The standard InChI is InChI=1S/C11H16N6OS/c1-3-4-12-11-17-16-10(19-11)9(18)13-5-8-6-14-15-7(8)2/h6H,3-5H2,1-2H3,(H,12,17)(H,13,18)(H,14,15). The normalized spacial score (nSPS) is 10.4. The van der Waals surface area contributed by atoms with Crippen molar-refractivity contribution < 1.29 is 4.79 Å². The summed E-state index contributed by atoms with van der Waals surface area (Å²) >= 11 is 1.25. The molecule has 0 saturated heterocycles. The highest BCUT2D eigenvalue weighted by molar-refractivity contribution is 7.17. The summed E-state index contributed by atoms with van der Waals surface area (Å²) in [6.45, 7) is 5.23. The Bertz CT molecular complexity index is 549. The Labute approximate surface area is 114 Å². The van der Waals surface area contributed by atoms with Gasteiger partial charge in [-0.25, -0.2) is 0 Å². The number of anilines is 1. The number of H-pyrrole nitrogens is 1. The second kappa shape index (κ2) is 6.28. The number of hydrogen-bond donors (Lipinski definition) is 3. The third kappa shape index (κ3) is 3.50. The van der Waals surface area contributed by atoms with Crippen molar-refractivity contribution in [1.82, 2.24) is 25.7 Å². The number of aryl methyl sites for hydroxylation is 1. The van der Waals surface area contributed by atoms with Crippen LogP contribution in [0.5, 0.6) is 0 Å². The minimum absolute atomic E-state index is 0.220. The molecule has 0 atom stereocenters. The van der Waals surface area contributed by atoms with E-state index in [0.29, 0.717) is 16.7 Å². The molecule has 0 bridgehead atoms. The van der Waals surface area contributed by atoms with Gasteiger partial charge in [0.2, 0.25) is 10.1 Å². The number of nitrogens with one attached hydrogen (secondary N) is 3. The SMILES string of the molecule is CCCNc1nnc(C(=O)NCc2cn[nH]c2C)s1. The van der Waals surface area contributed by atoms with Gasteiger partial charge in [0.25, 0.3) is 5.91 Å². The predicted molar refractivity (Wildman–Crippen MR) is 73.2 cm³/mol. The van der Waals surface area contributed by atoms with E-state index < -0.39 is 0 Å². The quantitative estimate of drug-likeness (QED) is 0.741. The lowest BCUT2D eigenvalue weighted by molar-refractivity contribution is 0.0950. The topological polar surface area (TPSA) is 95.6 Å². The Balaban J connectivity index is 1.89. The molecule has 2 aromatic heterocycles. The van der Waals surface area contributed by atoms with Crippen LogP contribution in [0.4, 0.5) is 5.13 Å². The van der Waals surface area contributed by atoms with E-state index in [4.69, 9.17) is 0 Å². The number of carbonyl (C=O) groups excluding carboxylic acids is 1. The van der Waals surface area contributed by atoms with Gasteiger partial charge in [0.15, 0.2) is 0 Å². The van der Waals surface area contributed by atoms with Gasteiger partial charge in [0, 0.05) is 24.3 Å². The molecular weight excluding hydrogens is 264 g/mol. The first-order chi connectivity index (χ1) is 9.20. The van der Waals surface area contributed by atoms with Crippen LogP contribution in [0.3, 0.4) is 0 Å². The summed E-state index contributed by atoms with van der Waals surface area (Å²) in [5.41, 5.74) is 1.91. The molecule has 0 aliphatic carbocycles. The molecule has 1 amide bonds. The van der Waals surface area contributed by atoms with Gasteiger partial charge < -0.3 is 10.6 Å². The highest BCUT2D eigenvalue weighted by Gasteiger charge is 2.12. The van der Waals surface area contributed by atoms with E-state index in [0.717, 1.165) is 24.2 Å². The first-order valence-corrected chi connectivity index (χ1v) is 6.86. The molecule has 0 radical (unpaired) electrons. The number of nitrogens with zero attached hydrogens (tertiary/aromatic N) is 3. The second-order valence-corrected chi connectivity index (χ2v) is 5.02. The molecule has 2 rings (SSSR count). The van der Waals surface area contributed by atoms with Crippen LogP contribution in [0.15, 0.2) is 6.20 Å². The highest BCUT2D eigenvalue weighted by atomic mass is 32.1. The second-order valence-electron chi connectivity index (χ2n) is 4.04. The van der Waals surface area contributed by atoms with E-state index in [-0.39, 0.29) is 5.91 Å². The molecule has 102 valence electrons. The number of amides is 1. The van der Waals surface area contributed by atoms with Crippen molar-refractivity contribution in [3.63, 3.8) is 0 Å². The van der Waals surface area contributed by atoms with Crippen molar-refractivity contribution in [1.29, 1.82) is 0 Å². The lowest BCUT2D eigenvalue weighted by atomic mass is 10.2. The van der Waals surface area contributed by atoms with Gasteiger partial charge >= 0.3 is 0 Å². The van der Waals surface area contributed by atoms with Crippen molar-refractivity contribution in [3.05, 3.63) is 22.5 Å². The molecule has 0 aliphatic heterocycles.